The zero-order chi connectivity index (χ0) is 13.5. The van der Waals surface area contributed by atoms with Crippen LogP contribution in [0.3, 0.4) is 0 Å². The van der Waals surface area contributed by atoms with E-state index in [4.69, 9.17) is 10.5 Å². The minimum absolute atomic E-state index is 0.0809. The molecule has 0 aromatic carbocycles. The number of rotatable bonds is 8. The van der Waals surface area contributed by atoms with Gasteiger partial charge in [-0.2, -0.15) is 0 Å². The molecule has 4 nitrogen and oxygen atoms in total. The van der Waals surface area contributed by atoms with Crippen molar-refractivity contribution in [1.82, 2.24) is 9.55 Å². The van der Waals surface area contributed by atoms with Crippen molar-refractivity contribution in [3.8, 4) is 0 Å². The number of nitrogens with zero attached hydrogens (tertiary/aromatic N) is 2. The van der Waals surface area contributed by atoms with Gasteiger partial charge >= 0.3 is 0 Å². The molecule has 0 fully saturated rings. The molecular formula is C12H21F2N3O. The summed E-state index contributed by atoms with van der Waals surface area (Å²) in [7, 11) is 0. The highest BCUT2D eigenvalue weighted by Gasteiger charge is 2.13. The van der Waals surface area contributed by atoms with Crippen LogP contribution in [0.15, 0.2) is 12.5 Å². The van der Waals surface area contributed by atoms with Crippen molar-refractivity contribution in [2.45, 2.75) is 39.3 Å². The normalized spacial score (nSPS) is 13.5. The van der Waals surface area contributed by atoms with Crippen LogP contribution in [0.25, 0.3) is 0 Å². The van der Waals surface area contributed by atoms with Gasteiger partial charge in [0.15, 0.2) is 0 Å². The van der Waals surface area contributed by atoms with Gasteiger partial charge in [-0.1, -0.05) is 13.8 Å². The summed E-state index contributed by atoms with van der Waals surface area (Å²) >= 11 is 0. The summed E-state index contributed by atoms with van der Waals surface area (Å²) in [5.41, 5.74) is 6.99. The van der Waals surface area contributed by atoms with E-state index in [1.807, 2.05) is 4.57 Å². The Morgan fingerprint density at radius 3 is 2.78 bits per heavy atom. The van der Waals surface area contributed by atoms with Crippen molar-refractivity contribution in [3.05, 3.63) is 18.2 Å². The Bertz CT molecular complexity index is 342. The van der Waals surface area contributed by atoms with Crippen LogP contribution in [-0.2, 0) is 11.3 Å². The van der Waals surface area contributed by atoms with Crippen molar-refractivity contribution in [1.29, 1.82) is 0 Å². The maximum absolute atomic E-state index is 11.9. The van der Waals surface area contributed by atoms with Crippen molar-refractivity contribution in [3.63, 3.8) is 0 Å². The van der Waals surface area contributed by atoms with E-state index in [1.165, 1.54) is 0 Å². The minimum atomic E-state index is -2.42. The second kappa shape index (κ2) is 7.43. The summed E-state index contributed by atoms with van der Waals surface area (Å²) in [6, 6.07) is -0.0809. The van der Waals surface area contributed by atoms with Crippen molar-refractivity contribution in [2.75, 3.05) is 13.2 Å². The molecule has 0 saturated carbocycles. The van der Waals surface area contributed by atoms with Crippen LogP contribution in [-0.4, -0.2) is 29.2 Å². The molecule has 1 unspecified atom stereocenters. The van der Waals surface area contributed by atoms with Crippen molar-refractivity contribution < 1.29 is 13.5 Å². The Labute approximate surface area is 106 Å². The number of ether oxygens (including phenoxy) is 1. The Kier molecular flexibility index (Phi) is 6.21. The molecule has 1 rings (SSSR count). The maximum Gasteiger partial charge on any atom is 0.261 e. The summed E-state index contributed by atoms with van der Waals surface area (Å²) in [4.78, 5) is 4.04. The molecule has 0 aliphatic rings. The number of hydrogen-bond acceptors (Lipinski definition) is 3. The molecule has 0 aliphatic carbocycles. The summed E-state index contributed by atoms with van der Waals surface area (Å²) in [5, 5.41) is 0. The van der Waals surface area contributed by atoms with Gasteiger partial charge in [-0.3, -0.25) is 0 Å². The van der Waals surface area contributed by atoms with E-state index in [-0.39, 0.29) is 12.6 Å². The van der Waals surface area contributed by atoms with E-state index in [0.717, 1.165) is 12.1 Å². The first kappa shape index (κ1) is 15.0. The summed E-state index contributed by atoms with van der Waals surface area (Å²) in [6.07, 6.45) is 1.82. The van der Waals surface area contributed by atoms with Gasteiger partial charge in [0.25, 0.3) is 6.43 Å². The predicted molar refractivity (Wildman–Crippen MR) is 65.4 cm³/mol. The fourth-order valence-electron chi connectivity index (χ4n) is 1.79. The Morgan fingerprint density at radius 2 is 2.17 bits per heavy atom. The summed E-state index contributed by atoms with van der Waals surface area (Å²) < 4.78 is 30.5. The third kappa shape index (κ3) is 5.10. The lowest BCUT2D eigenvalue weighted by atomic mass is 10.0. The van der Waals surface area contributed by atoms with Crippen LogP contribution in [0.4, 0.5) is 8.78 Å². The fourth-order valence-corrected chi connectivity index (χ4v) is 1.79. The van der Waals surface area contributed by atoms with Crippen LogP contribution in [0, 0.1) is 5.92 Å². The molecule has 0 amide bonds. The SMILES string of the molecule is CC(C)CC(N)c1cncn1CCOCC(F)F. The van der Waals surface area contributed by atoms with Crippen LogP contribution < -0.4 is 5.73 Å². The van der Waals surface area contributed by atoms with E-state index in [2.05, 4.69) is 18.8 Å². The van der Waals surface area contributed by atoms with Gasteiger partial charge in [0.1, 0.15) is 6.61 Å². The second-order valence-corrected chi connectivity index (χ2v) is 4.71. The molecule has 0 saturated heterocycles. The van der Waals surface area contributed by atoms with Gasteiger partial charge in [-0.25, -0.2) is 13.8 Å². The van der Waals surface area contributed by atoms with E-state index < -0.39 is 13.0 Å². The number of hydrogen-bond donors (Lipinski definition) is 1. The predicted octanol–water partition coefficient (Wildman–Crippen LogP) is 2.21. The molecular weight excluding hydrogens is 240 g/mol. The fraction of sp³-hybridized carbons (Fsp3) is 0.750. The van der Waals surface area contributed by atoms with Gasteiger partial charge in [-0.15, -0.1) is 0 Å². The highest BCUT2D eigenvalue weighted by molar-refractivity contribution is 5.04. The molecule has 1 atom stereocenters. The van der Waals surface area contributed by atoms with Crippen LogP contribution in [0.5, 0.6) is 0 Å². The molecule has 1 heterocycles. The van der Waals surface area contributed by atoms with Crippen LogP contribution >= 0.6 is 0 Å². The van der Waals surface area contributed by atoms with Gasteiger partial charge in [0.2, 0.25) is 0 Å². The highest BCUT2D eigenvalue weighted by Crippen LogP contribution is 2.18. The summed E-state index contributed by atoms with van der Waals surface area (Å²) in [6.45, 7) is 4.41. The molecule has 2 N–H and O–H groups in total. The quantitative estimate of drug-likeness (QED) is 0.730. The number of imidazole rings is 1. The first-order valence-corrected chi connectivity index (χ1v) is 6.12. The zero-order valence-corrected chi connectivity index (χ0v) is 10.9. The number of nitrogens with two attached hydrogens (primary N) is 1. The lowest BCUT2D eigenvalue weighted by Gasteiger charge is -2.16. The summed E-state index contributed by atoms with van der Waals surface area (Å²) in [5.74, 6) is 0.499. The van der Waals surface area contributed by atoms with Gasteiger partial charge < -0.3 is 15.0 Å². The molecule has 18 heavy (non-hydrogen) atoms. The van der Waals surface area contributed by atoms with E-state index in [9.17, 15) is 8.78 Å². The number of alkyl halides is 2. The van der Waals surface area contributed by atoms with Gasteiger partial charge in [-0.05, 0) is 12.3 Å². The van der Waals surface area contributed by atoms with Crippen molar-refractivity contribution >= 4 is 0 Å². The second-order valence-electron chi connectivity index (χ2n) is 4.71. The average Bonchev–Trinajstić information content (AvgIpc) is 2.71. The van der Waals surface area contributed by atoms with Gasteiger partial charge in [0.05, 0.1) is 18.6 Å². The first-order valence-electron chi connectivity index (χ1n) is 6.12. The minimum Gasteiger partial charge on any atom is -0.374 e. The molecule has 1 aromatic rings. The molecule has 0 bridgehead atoms. The monoisotopic (exact) mass is 261 g/mol. The Balaban J connectivity index is 2.44. The molecule has 0 radical (unpaired) electrons. The molecule has 6 heteroatoms. The van der Waals surface area contributed by atoms with E-state index >= 15 is 0 Å². The maximum atomic E-state index is 11.9. The van der Waals surface area contributed by atoms with E-state index in [1.54, 1.807) is 12.5 Å². The number of aromatic nitrogens is 2. The topological polar surface area (TPSA) is 53.1 Å². The lowest BCUT2D eigenvalue weighted by molar-refractivity contribution is 0.0145. The zero-order valence-electron chi connectivity index (χ0n) is 10.9. The van der Waals surface area contributed by atoms with Crippen molar-refractivity contribution in [2.24, 2.45) is 11.7 Å². The Hall–Kier alpha value is -1.01. The molecule has 104 valence electrons. The third-order valence-corrected chi connectivity index (χ3v) is 2.57. The van der Waals surface area contributed by atoms with Crippen LogP contribution in [0.2, 0.25) is 0 Å². The standard InChI is InChI=1S/C12H21F2N3O/c1-9(2)5-10(15)11-6-16-8-17(11)3-4-18-7-12(13)14/h6,8-10,12H,3-5,7,15H2,1-2H3. The molecule has 0 spiro atoms. The molecule has 0 aliphatic heterocycles. The van der Waals surface area contributed by atoms with E-state index in [0.29, 0.717) is 12.5 Å². The molecule has 1 aromatic heterocycles. The third-order valence-electron chi connectivity index (χ3n) is 2.57. The largest absolute Gasteiger partial charge is 0.374 e. The average molecular weight is 261 g/mol. The highest BCUT2D eigenvalue weighted by atomic mass is 19.3. The lowest BCUT2D eigenvalue weighted by Crippen LogP contribution is -2.19. The van der Waals surface area contributed by atoms with Crippen LogP contribution in [0.1, 0.15) is 32.0 Å². The first-order chi connectivity index (χ1) is 8.50. The van der Waals surface area contributed by atoms with Gasteiger partial charge in [0, 0.05) is 18.8 Å². The number of halogens is 2. The smallest absolute Gasteiger partial charge is 0.261 e. The Morgan fingerprint density at radius 1 is 1.44 bits per heavy atom.